The monoisotopic (exact) mass is 657 g/mol. The Bertz CT molecular complexity index is 1710. The third-order valence-electron chi connectivity index (χ3n) is 6.79. The van der Waals surface area contributed by atoms with E-state index in [1.54, 1.807) is 24.3 Å². The number of thioether (sulfide) groups is 1. The molecule has 0 radical (unpaired) electrons. The lowest BCUT2D eigenvalue weighted by atomic mass is 9.83. The van der Waals surface area contributed by atoms with Gasteiger partial charge in [0.2, 0.25) is 17.7 Å². The van der Waals surface area contributed by atoms with E-state index in [0.717, 1.165) is 38.0 Å². The molecule has 12 heteroatoms. The first-order valence-electron chi connectivity index (χ1n) is 12.1. The largest absolute Gasteiger partial charge is 0.325 e. The second kappa shape index (κ2) is 10.6. The first-order chi connectivity index (χ1) is 19.2. The Labute approximate surface area is 249 Å². The molecule has 7 nitrogen and oxygen atoms in total. The number of amides is 3. The van der Waals surface area contributed by atoms with Gasteiger partial charge in [0, 0.05) is 26.0 Å². The number of anilines is 2. The fourth-order valence-corrected chi connectivity index (χ4v) is 8.17. The maximum Gasteiger partial charge on any atom is 0.308 e. The summed E-state index contributed by atoms with van der Waals surface area (Å²) in [5.74, 6) is -3.14. The molecule has 4 aromatic rings. The standard InChI is InChI=1S/C28H18BrClFN3O4S2/c29-15-3-1-14(2-4-15)21-22-23(26(37)34(25(22)36)19-11-7-17(31)8-12-19)39-27-24(21)40-28(38)33(27)13-20(35)32-18-9-5-16(30)6-10-18/h1-12,21-23H,13H2,(H,32,35). The molecule has 3 unspecified atom stereocenters. The normalized spacial score (nSPS) is 19.9. The Morgan fingerprint density at radius 2 is 1.62 bits per heavy atom. The summed E-state index contributed by atoms with van der Waals surface area (Å²) in [7, 11) is 0. The third-order valence-corrected chi connectivity index (χ3v) is 10.2. The number of fused-ring (bicyclic) bond motifs is 2. The average Bonchev–Trinajstić information content (AvgIpc) is 3.37. The highest BCUT2D eigenvalue weighted by Gasteiger charge is 2.56. The van der Waals surface area contributed by atoms with E-state index in [1.165, 1.54) is 28.8 Å². The van der Waals surface area contributed by atoms with Crippen molar-refractivity contribution in [2.45, 2.75) is 22.7 Å². The quantitative estimate of drug-likeness (QED) is 0.270. The van der Waals surface area contributed by atoms with Gasteiger partial charge in [0.25, 0.3) is 0 Å². The summed E-state index contributed by atoms with van der Waals surface area (Å²) in [5.41, 5.74) is 1.57. The summed E-state index contributed by atoms with van der Waals surface area (Å²) in [5, 5.41) is 2.93. The number of aromatic nitrogens is 1. The molecule has 40 heavy (non-hydrogen) atoms. The van der Waals surface area contributed by atoms with E-state index >= 15 is 0 Å². The molecule has 1 aromatic heterocycles. The topological polar surface area (TPSA) is 88.5 Å². The lowest BCUT2D eigenvalue weighted by Gasteiger charge is -2.30. The first kappa shape index (κ1) is 26.9. The number of carbonyl (C=O) groups excluding carboxylic acids is 3. The number of halogens is 3. The van der Waals surface area contributed by atoms with Crippen molar-refractivity contribution in [3.8, 4) is 0 Å². The maximum absolute atomic E-state index is 13.8. The molecule has 3 heterocycles. The molecule has 1 saturated heterocycles. The zero-order valence-corrected chi connectivity index (χ0v) is 24.3. The number of rotatable bonds is 5. The van der Waals surface area contributed by atoms with E-state index in [9.17, 15) is 23.6 Å². The maximum atomic E-state index is 13.8. The van der Waals surface area contributed by atoms with Crippen LogP contribution < -0.4 is 15.1 Å². The summed E-state index contributed by atoms with van der Waals surface area (Å²) in [6.07, 6.45) is 0. The Balaban J connectivity index is 1.40. The molecule has 0 aliphatic carbocycles. The first-order valence-corrected chi connectivity index (χ1v) is 14.9. The molecule has 3 aromatic carbocycles. The van der Waals surface area contributed by atoms with Crippen molar-refractivity contribution >= 4 is 79.7 Å². The van der Waals surface area contributed by atoms with Gasteiger partial charge in [0.15, 0.2) is 0 Å². The molecule has 3 atom stereocenters. The summed E-state index contributed by atoms with van der Waals surface area (Å²) < 4.78 is 15.8. The Morgan fingerprint density at radius 1 is 0.950 bits per heavy atom. The summed E-state index contributed by atoms with van der Waals surface area (Å²) in [4.78, 5) is 55.0. The van der Waals surface area contributed by atoms with Crippen LogP contribution >= 0.6 is 50.6 Å². The smallest absolute Gasteiger partial charge is 0.308 e. The zero-order chi connectivity index (χ0) is 28.1. The van der Waals surface area contributed by atoms with E-state index in [1.807, 2.05) is 24.3 Å². The number of nitrogens with one attached hydrogen (secondary N) is 1. The SMILES string of the molecule is O=C(Cn1c2c(sc1=O)C(c1ccc(Br)cc1)C1C(=O)N(c3ccc(F)cc3)C(=O)C1S2)Nc1ccc(Cl)cc1. The van der Waals surface area contributed by atoms with Gasteiger partial charge in [-0.05, 0) is 66.2 Å². The number of carbonyl (C=O) groups is 3. The number of benzene rings is 3. The lowest BCUT2D eigenvalue weighted by molar-refractivity contribution is -0.122. The van der Waals surface area contributed by atoms with Crippen LogP contribution in [0.4, 0.5) is 15.8 Å². The van der Waals surface area contributed by atoms with Crippen molar-refractivity contribution in [1.82, 2.24) is 4.57 Å². The van der Waals surface area contributed by atoms with Crippen LogP contribution in [0, 0.1) is 11.7 Å². The molecule has 6 rings (SSSR count). The molecule has 0 spiro atoms. The van der Waals surface area contributed by atoms with Crippen molar-refractivity contribution in [2.24, 2.45) is 5.92 Å². The van der Waals surface area contributed by atoms with Crippen LogP contribution in [-0.2, 0) is 20.9 Å². The number of nitrogens with zero attached hydrogens (tertiary/aromatic N) is 2. The molecular formula is C28H18BrClFN3O4S2. The van der Waals surface area contributed by atoms with E-state index in [2.05, 4.69) is 21.2 Å². The molecule has 1 N–H and O–H groups in total. The van der Waals surface area contributed by atoms with Gasteiger partial charge in [-0.2, -0.15) is 0 Å². The van der Waals surface area contributed by atoms with Gasteiger partial charge < -0.3 is 5.32 Å². The highest BCUT2D eigenvalue weighted by Crippen LogP contribution is 2.53. The number of hydrogen-bond donors (Lipinski definition) is 1. The van der Waals surface area contributed by atoms with Crippen LogP contribution in [0.15, 0.2) is 87.1 Å². The summed E-state index contributed by atoms with van der Waals surface area (Å²) >= 11 is 11.4. The van der Waals surface area contributed by atoms with Crippen LogP contribution in [0.3, 0.4) is 0 Å². The zero-order valence-electron chi connectivity index (χ0n) is 20.3. The predicted molar refractivity (Wildman–Crippen MR) is 157 cm³/mol. The minimum atomic E-state index is -0.835. The van der Waals surface area contributed by atoms with Crippen molar-refractivity contribution in [2.75, 3.05) is 10.2 Å². The molecule has 1 fully saturated rings. The highest BCUT2D eigenvalue weighted by atomic mass is 79.9. The van der Waals surface area contributed by atoms with Gasteiger partial charge >= 0.3 is 4.87 Å². The van der Waals surface area contributed by atoms with E-state index < -0.39 is 40.6 Å². The van der Waals surface area contributed by atoms with Gasteiger partial charge in [-0.25, -0.2) is 9.29 Å². The second-order valence-electron chi connectivity index (χ2n) is 9.26. The van der Waals surface area contributed by atoms with Gasteiger partial charge in [-0.1, -0.05) is 62.8 Å². The molecule has 0 saturated carbocycles. The van der Waals surface area contributed by atoms with Gasteiger partial charge in [0.1, 0.15) is 17.6 Å². The van der Waals surface area contributed by atoms with Gasteiger partial charge in [-0.15, -0.1) is 0 Å². The van der Waals surface area contributed by atoms with Crippen molar-refractivity contribution < 1.29 is 18.8 Å². The van der Waals surface area contributed by atoms with Crippen LogP contribution in [0.25, 0.3) is 0 Å². The van der Waals surface area contributed by atoms with Crippen molar-refractivity contribution in [1.29, 1.82) is 0 Å². The van der Waals surface area contributed by atoms with Gasteiger partial charge in [-0.3, -0.25) is 23.7 Å². The number of thiazole rings is 1. The number of hydrogen-bond acceptors (Lipinski definition) is 6. The van der Waals surface area contributed by atoms with Crippen molar-refractivity contribution in [3.63, 3.8) is 0 Å². The third kappa shape index (κ3) is 4.81. The molecule has 2 aliphatic heterocycles. The van der Waals surface area contributed by atoms with E-state index in [4.69, 9.17) is 11.6 Å². The summed E-state index contributed by atoms with van der Waals surface area (Å²) in [6, 6.07) is 19.2. The lowest BCUT2D eigenvalue weighted by Crippen LogP contribution is -2.33. The Hall–Kier alpha value is -3.25. The fourth-order valence-electron chi connectivity index (χ4n) is 5.01. The second-order valence-corrected chi connectivity index (χ2v) is 12.7. The molecule has 2 aliphatic rings. The summed E-state index contributed by atoms with van der Waals surface area (Å²) in [6.45, 7) is -0.269. The molecule has 0 bridgehead atoms. The predicted octanol–water partition coefficient (Wildman–Crippen LogP) is 5.90. The average molecular weight is 659 g/mol. The van der Waals surface area contributed by atoms with Crippen LogP contribution in [-0.4, -0.2) is 27.5 Å². The Morgan fingerprint density at radius 3 is 2.30 bits per heavy atom. The van der Waals surface area contributed by atoms with Gasteiger partial charge in [0.05, 0.1) is 16.6 Å². The number of imide groups is 1. The molecular weight excluding hydrogens is 641 g/mol. The van der Waals surface area contributed by atoms with E-state index in [-0.39, 0.29) is 17.1 Å². The minimum absolute atomic E-state index is 0.269. The van der Waals surface area contributed by atoms with E-state index in [0.29, 0.717) is 20.6 Å². The minimum Gasteiger partial charge on any atom is -0.325 e. The fraction of sp³-hybridized carbons (Fsp3) is 0.143. The molecule has 3 amide bonds. The Kier molecular flexibility index (Phi) is 7.16. The van der Waals surface area contributed by atoms with Crippen LogP contribution in [0.5, 0.6) is 0 Å². The highest BCUT2D eigenvalue weighted by molar-refractivity contribution is 9.10. The van der Waals surface area contributed by atoms with Crippen molar-refractivity contribution in [3.05, 3.63) is 108 Å². The van der Waals surface area contributed by atoms with Crippen LogP contribution in [0.1, 0.15) is 16.4 Å². The molecule has 202 valence electrons. The van der Waals surface area contributed by atoms with Crippen LogP contribution in [0.2, 0.25) is 5.02 Å².